The van der Waals surface area contributed by atoms with Crippen LogP contribution in [-0.2, 0) is 30.3 Å². The number of nitrogens with two attached hydrogens (primary N) is 1. The van der Waals surface area contributed by atoms with Gasteiger partial charge in [-0.3, -0.25) is 19.2 Å². The largest absolute Gasteiger partial charge is 0.480 e. The number of carboxylic acid groups (broad SMARTS) is 1. The minimum absolute atomic E-state index is 0.0576. The molecule has 0 aromatic heterocycles. The summed E-state index contributed by atoms with van der Waals surface area (Å²) in [6.45, 7) is 7.21. The van der Waals surface area contributed by atoms with Gasteiger partial charge in [0.25, 0.3) is 0 Å². The first kappa shape index (κ1) is 31.6. The third-order valence-corrected chi connectivity index (χ3v) is 6.62. The SMILES string of the molecule is CCCCC[C@H](CC(=O)N[C@@H](Cc1ccc(Br)cc1)C(=O)N[C@@H](C)C(=O)O)OC(=O)[C@H](N)[C@@H](C)CC. The zero-order valence-corrected chi connectivity index (χ0v) is 23.2. The van der Waals surface area contributed by atoms with Crippen LogP contribution in [0.5, 0.6) is 0 Å². The van der Waals surface area contributed by atoms with Crippen molar-refractivity contribution >= 4 is 39.7 Å². The quantitative estimate of drug-likeness (QED) is 0.176. The fraction of sp³-hybridized carbons (Fsp3) is 0.615. The second-order valence-corrected chi connectivity index (χ2v) is 10.1. The molecule has 5 N–H and O–H groups in total. The molecular weight excluding hydrogens is 530 g/mol. The lowest BCUT2D eigenvalue weighted by Gasteiger charge is -2.24. The van der Waals surface area contributed by atoms with E-state index in [0.717, 1.165) is 35.7 Å². The van der Waals surface area contributed by atoms with E-state index in [1.165, 1.54) is 6.92 Å². The number of aliphatic carboxylic acids is 1. The van der Waals surface area contributed by atoms with Crippen LogP contribution in [0.1, 0.15) is 71.8 Å². The van der Waals surface area contributed by atoms with Gasteiger partial charge in [-0.25, -0.2) is 0 Å². The van der Waals surface area contributed by atoms with Gasteiger partial charge in [0.15, 0.2) is 0 Å². The van der Waals surface area contributed by atoms with Gasteiger partial charge < -0.3 is 26.2 Å². The molecule has 0 bridgehead atoms. The summed E-state index contributed by atoms with van der Waals surface area (Å²) in [5, 5.41) is 14.3. The second kappa shape index (κ2) is 16.3. The summed E-state index contributed by atoms with van der Waals surface area (Å²) in [6.07, 6.45) is 3.26. The van der Waals surface area contributed by atoms with Crippen LogP contribution < -0.4 is 16.4 Å². The average Bonchev–Trinajstić information content (AvgIpc) is 2.83. The predicted molar refractivity (Wildman–Crippen MR) is 141 cm³/mol. The normalized spacial score (nSPS) is 15.2. The van der Waals surface area contributed by atoms with Gasteiger partial charge in [0.1, 0.15) is 24.2 Å². The number of nitrogens with one attached hydrogen (secondary N) is 2. The van der Waals surface area contributed by atoms with Crippen LogP contribution in [0.15, 0.2) is 28.7 Å². The molecule has 0 heterocycles. The van der Waals surface area contributed by atoms with Crippen LogP contribution in [0.3, 0.4) is 0 Å². The smallest absolute Gasteiger partial charge is 0.325 e. The van der Waals surface area contributed by atoms with Crippen LogP contribution in [0, 0.1) is 5.92 Å². The number of hydrogen-bond donors (Lipinski definition) is 4. The Bertz CT molecular complexity index is 864. The molecule has 2 amide bonds. The molecule has 1 aromatic rings. The van der Waals surface area contributed by atoms with Gasteiger partial charge in [0.2, 0.25) is 11.8 Å². The van der Waals surface area contributed by atoms with E-state index < -0.39 is 48.0 Å². The monoisotopic (exact) mass is 569 g/mol. The van der Waals surface area contributed by atoms with Crippen molar-refractivity contribution in [3.63, 3.8) is 0 Å². The molecule has 202 valence electrons. The number of esters is 1. The van der Waals surface area contributed by atoms with E-state index in [1.807, 2.05) is 38.1 Å². The maximum absolute atomic E-state index is 13.0. The molecule has 0 radical (unpaired) electrons. The highest BCUT2D eigenvalue weighted by molar-refractivity contribution is 9.10. The molecular formula is C26H40BrN3O6. The lowest BCUT2D eigenvalue weighted by Crippen LogP contribution is -2.52. The van der Waals surface area contributed by atoms with Crippen molar-refractivity contribution in [2.45, 2.75) is 96.9 Å². The van der Waals surface area contributed by atoms with E-state index in [-0.39, 0.29) is 18.8 Å². The Balaban J connectivity index is 2.97. The first-order chi connectivity index (χ1) is 17.0. The van der Waals surface area contributed by atoms with Gasteiger partial charge in [-0.15, -0.1) is 0 Å². The molecule has 0 saturated heterocycles. The van der Waals surface area contributed by atoms with Crippen LogP contribution in [0.2, 0.25) is 0 Å². The Morgan fingerprint density at radius 1 is 1.06 bits per heavy atom. The van der Waals surface area contributed by atoms with E-state index in [4.69, 9.17) is 15.6 Å². The molecule has 36 heavy (non-hydrogen) atoms. The lowest BCUT2D eigenvalue weighted by molar-refractivity contribution is -0.153. The topological polar surface area (TPSA) is 148 Å². The molecule has 0 unspecified atom stereocenters. The van der Waals surface area contributed by atoms with Crippen molar-refractivity contribution in [3.8, 4) is 0 Å². The summed E-state index contributed by atoms with van der Waals surface area (Å²) in [5.74, 6) is -2.87. The minimum atomic E-state index is -1.18. The molecule has 0 aliphatic heterocycles. The van der Waals surface area contributed by atoms with E-state index >= 15 is 0 Å². The van der Waals surface area contributed by atoms with Crippen LogP contribution in [-0.4, -0.2) is 53.1 Å². The molecule has 0 saturated carbocycles. The summed E-state index contributed by atoms with van der Waals surface area (Å²) in [5.41, 5.74) is 6.80. The maximum atomic E-state index is 13.0. The zero-order chi connectivity index (χ0) is 27.3. The van der Waals surface area contributed by atoms with Crippen molar-refractivity contribution in [1.29, 1.82) is 0 Å². The predicted octanol–water partition coefficient (Wildman–Crippen LogP) is 3.32. The average molecular weight is 571 g/mol. The number of unbranched alkanes of at least 4 members (excludes halogenated alkanes) is 2. The number of carbonyl (C=O) groups is 4. The number of ether oxygens (including phenoxy) is 1. The van der Waals surface area contributed by atoms with Crippen LogP contribution in [0.25, 0.3) is 0 Å². The van der Waals surface area contributed by atoms with Crippen molar-refractivity contribution < 1.29 is 29.0 Å². The number of carbonyl (C=O) groups excluding carboxylic acids is 3. The van der Waals surface area contributed by atoms with Gasteiger partial charge in [-0.1, -0.05) is 68.1 Å². The molecule has 0 spiro atoms. The second-order valence-electron chi connectivity index (χ2n) is 9.19. The Morgan fingerprint density at radius 3 is 2.25 bits per heavy atom. The molecule has 0 fully saturated rings. The first-order valence-electron chi connectivity index (χ1n) is 12.5. The first-order valence-corrected chi connectivity index (χ1v) is 13.3. The highest BCUT2D eigenvalue weighted by atomic mass is 79.9. The Kier molecular flexibility index (Phi) is 14.3. The zero-order valence-electron chi connectivity index (χ0n) is 21.6. The summed E-state index contributed by atoms with van der Waals surface area (Å²) < 4.78 is 6.48. The summed E-state index contributed by atoms with van der Waals surface area (Å²) in [7, 11) is 0. The minimum Gasteiger partial charge on any atom is -0.480 e. The lowest BCUT2D eigenvalue weighted by atomic mass is 10.00. The number of benzene rings is 1. The number of amides is 2. The van der Waals surface area contributed by atoms with Crippen molar-refractivity contribution in [3.05, 3.63) is 34.3 Å². The Labute approximate surface area is 222 Å². The number of rotatable bonds is 16. The van der Waals surface area contributed by atoms with E-state index in [2.05, 4.69) is 33.5 Å². The summed E-state index contributed by atoms with van der Waals surface area (Å²) in [6, 6.07) is 4.35. The molecule has 5 atom stereocenters. The number of hydrogen-bond acceptors (Lipinski definition) is 6. The van der Waals surface area contributed by atoms with Gasteiger partial charge in [-0.2, -0.15) is 0 Å². The third-order valence-electron chi connectivity index (χ3n) is 6.09. The Hall–Kier alpha value is -2.46. The van der Waals surface area contributed by atoms with Gasteiger partial charge >= 0.3 is 11.9 Å². The fourth-order valence-electron chi connectivity index (χ4n) is 3.45. The van der Waals surface area contributed by atoms with Crippen molar-refractivity contribution in [2.75, 3.05) is 0 Å². The summed E-state index contributed by atoms with van der Waals surface area (Å²) >= 11 is 3.36. The molecule has 9 nitrogen and oxygen atoms in total. The summed E-state index contributed by atoms with van der Waals surface area (Å²) in [4.78, 5) is 49.6. The van der Waals surface area contributed by atoms with E-state index in [9.17, 15) is 19.2 Å². The van der Waals surface area contributed by atoms with Crippen LogP contribution >= 0.6 is 15.9 Å². The Morgan fingerprint density at radius 2 is 1.69 bits per heavy atom. The highest BCUT2D eigenvalue weighted by Crippen LogP contribution is 2.16. The molecule has 10 heteroatoms. The van der Waals surface area contributed by atoms with Gasteiger partial charge in [0.05, 0.1) is 6.42 Å². The van der Waals surface area contributed by atoms with E-state index in [0.29, 0.717) is 6.42 Å². The molecule has 1 rings (SSSR count). The molecule has 0 aliphatic rings. The van der Waals surface area contributed by atoms with E-state index in [1.54, 1.807) is 0 Å². The fourth-order valence-corrected chi connectivity index (χ4v) is 3.72. The van der Waals surface area contributed by atoms with Gasteiger partial charge in [0, 0.05) is 10.9 Å². The van der Waals surface area contributed by atoms with Crippen molar-refractivity contribution in [1.82, 2.24) is 10.6 Å². The highest BCUT2D eigenvalue weighted by Gasteiger charge is 2.28. The number of halogens is 1. The van der Waals surface area contributed by atoms with Crippen molar-refractivity contribution in [2.24, 2.45) is 11.7 Å². The molecule has 1 aromatic carbocycles. The molecule has 0 aliphatic carbocycles. The maximum Gasteiger partial charge on any atom is 0.325 e. The van der Waals surface area contributed by atoms with Crippen LogP contribution in [0.4, 0.5) is 0 Å². The third kappa shape index (κ3) is 11.5. The number of carboxylic acids is 1. The standard InChI is InChI=1S/C26H40BrN3O6/c1-5-7-8-9-20(36-26(35)23(28)16(3)6-2)15-22(31)30-21(24(32)29-17(4)25(33)34)14-18-10-12-19(27)13-11-18/h10-13,16-17,20-21,23H,5-9,14-15,28H2,1-4H3,(H,29,32)(H,30,31)(H,33,34)/t16-,17-,20+,21-,23+/m0/s1. The van der Waals surface area contributed by atoms with Gasteiger partial charge in [-0.05, 0) is 43.4 Å².